The molecule has 3 aliphatic rings. The number of allylic oxidation sites excluding steroid dienone is 1. The standard InChI is InChI=1S/2C10H16O4.C9H14O4/c2*1-13-9(11)7-3-5-8(6-4-7)10(12)14-2;1-13-9(12)7-4-2-6(3-5-7)8(10)11/h7,12H,3-6H2,1-2H3;7-8H,3-6H2,1-2H3;6-7H,2-5H2,1H3,(H,10,11)/p-1. The summed E-state index contributed by atoms with van der Waals surface area (Å²) >= 11 is 0. The Bertz CT molecular complexity index is 861. The number of hydrogen-bond donors (Lipinski definition) is 1. The van der Waals surface area contributed by atoms with Gasteiger partial charge in [-0.2, -0.15) is 0 Å². The van der Waals surface area contributed by atoms with Crippen molar-refractivity contribution in [2.45, 2.75) is 77.0 Å². The van der Waals surface area contributed by atoms with Gasteiger partial charge in [-0.3, -0.25) is 24.0 Å². The zero-order valence-electron chi connectivity index (χ0n) is 24.8. The molecule has 12 heteroatoms. The molecule has 41 heavy (non-hydrogen) atoms. The van der Waals surface area contributed by atoms with E-state index in [9.17, 15) is 29.1 Å². The summed E-state index contributed by atoms with van der Waals surface area (Å²) in [6, 6.07) is 0. The van der Waals surface area contributed by atoms with Crippen molar-refractivity contribution in [3.05, 3.63) is 11.5 Å². The molecule has 234 valence electrons. The molecule has 0 heterocycles. The normalized spacial score (nSPS) is 25.4. The Morgan fingerprint density at radius 3 is 1.02 bits per heavy atom. The van der Waals surface area contributed by atoms with Crippen LogP contribution in [0.3, 0.4) is 0 Å². The van der Waals surface area contributed by atoms with Crippen LogP contribution < -0.4 is 5.11 Å². The van der Waals surface area contributed by atoms with Gasteiger partial charge >= 0.3 is 29.8 Å². The highest BCUT2D eigenvalue weighted by Crippen LogP contribution is 2.31. The van der Waals surface area contributed by atoms with Gasteiger partial charge in [-0.15, -0.1) is 0 Å². The van der Waals surface area contributed by atoms with Gasteiger partial charge in [-0.1, -0.05) is 0 Å². The third-order valence-electron chi connectivity index (χ3n) is 8.00. The van der Waals surface area contributed by atoms with Crippen molar-refractivity contribution in [3.8, 4) is 0 Å². The van der Waals surface area contributed by atoms with Gasteiger partial charge in [0.25, 0.3) is 0 Å². The van der Waals surface area contributed by atoms with Crippen molar-refractivity contribution in [1.29, 1.82) is 0 Å². The zero-order valence-corrected chi connectivity index (χ0v) is 24.8. The number of carbonyl (C=O) groups is 5. The Kier molecular flexibility index (Phi) is 16.5. The Morgan fingerprint density at radius 2 is 0.780 bits per heavy atom. The Morgan fingerprint density at radius 1 is 0.512 bits per heavy atom. The molecular weight excluding hydrogens is 540 g/mol. The second-order valence-electron chi connectivity index (χ2n) is 10.4. The molecule has 3 aliphatic carbocycles. The summed E-state index contributed by atoms with van der Waals surface area (Å²) in [5, 5.41) is 19.8. The highest BCUT2D eigenvalue weighted by atomic mass is 16.6. The van der Waals surface area contributed by atoms with E-state index in [1.807, 2.05) is 0 Å². The number of methoxy groups -OCH3 is 5. The summed E-state index contributed by atoms with van der Waals surface area (Å²) < 4.78 is 23.2. The average molecular weight is 586 g/mol. The molecule has 0 radical (unpaired) electrons. The van der Waals surface area contributed by atoms with Crippen LogP contribution in [0, 0.1) is 29.6 Å². The molecule has 0 aromatic rings. The number of hydrogen-bond acceptors (Lipinski definition) is 11. The van der Waals surface area contributed by atoms with Crippen LogP contribution in [0.4, 0.5) is 0 Å². The van der Waals surface area contributed by atoms with E-state index in [0.717, 1.165) is 31.3 Å². The lowest BCUT2D eigenvalue weighted by molar-refractivity contribution is -0.355. The predicted octanol–water partition coefficient (Wildman–Crippen LogP) is 2.76. The fourth-order valence-electron chi connectivity index (χ4n) is 5.36. The monoisotopic (exact) mass is 585 g/mol. The molecule has 3 fully saturated rings. The molecule has 0 amide bonds. The summed E-state index contributed by atoms with van der Waals surface area (Å²) in [5.74, 6) is -2.13. The minimum atomic E-state index is -0.747. The Balaban J connectivity index is 0.000000308. The van der Waals surface area contributed by atoms with Crippen LogP contribution >= 0.6 is 0 Å². The van der Waals surface area contributed by atoms with Crippen LogP contribution in [0.5, 0.6) is 0 Å². The smallest absolute Gasteiger partial charge is 0.308 e. The second-order valence-corrected chi connectivity index (χ2v) is 10.4. The van der Waals surface area contributed by atoms with E-state index in [4.69, 9.17) is 5.11 Å². The molecule has 3 rings (SSSR count). The van der Waals surface area contributed by atoms with Crippen molar-refractivity contribution in [1.82, 2.24) is 0 Å². The minimum Gasteiger partial charge on any atom is -0.617 e. The van der Waals surface area contributed by atoms with Crippen LogP contribution in [0.25, 0.3) is 0 Å². The number of aliphatic carboxylic acids is 1. The van der Waals surface area contributed by atoms with Gasteiger partial charge in [0, 0.05) is 0 Å². The lowest BCUT2D eigenvalue weighted by Gasteiger charge is -2.25. The van der Waals surface area contributed by atoms with E-state index >= 15 is 0 Å². The first-order valence-electron chi connectivity index (χ1n) is 14.0. The number of carbonyl (C=O) groups excluding carboxylic acids is 4. The molecule has 3 saturated carbocycles. The van der Waals surface area contributed by atoms with E-state index in [2.05, 4.69) is 23.7 Å². The topological polar surface area (TPSA) is 175 Å². The van der Waals surface area contributed by atoms with E-state index in [-0.39, 0.29) is 59.4 Å². The summed E-state index contributed by atoms with van der Waals surface area (Å²) in [4.78, 5) is 55.2. The highest BCUT2D eigenvalue weighted by Gasteiger charge is 2.31. The molecule has 0 atom stereocenters. The van der Waals surface area contributed by atoms with Gasteiger partial charge in [0.05, 0.1) is 64.0 Å². The van der Waals surface area contributed by atoms with Gasteiger partial charge in [0.2, 0.25) is 0 Å². The molecule has 0 spiro atoms. The van der Waals surface area contributed by atoms with Crippen LogP contribution in [0.2, 0.25) is 0 Å². The summed E-state index contributed by atoms with van der Waals surface area (Å²) in [7, 11) is 6.93. The SMILES string of the molecule is COC(=O)C1CCC(=C([O-])OC)CC1.COC(=O)C1CCC(C(=O)O)CC1.COC(=O)C1CCC(C(=O)OC)CC1. The predicted molar refractivity (Wildman–Crippen MR) is 143 cm³/mol. The third-order valence-corrected chi connectivity index (χ3v) is 8.00. The van der Waals surface area contributed by atoms with Crippen LogP contribution in [-0.2, 0) is 47.7 Å². The molecule has 1 N–H and O–H groups in total. The number of carboxylic acids is 1. The lowest BCUT2D eigenvalue weighted by atomic mass is 9.82. The van der Waals surface area contributed by atoms with Crippen molar-refractivity contribution in [2.24, 2.45) is 29.6 Å². The van der Waals surface area contributed by atoms with Crippen molar-refractivity contribution in [3.63, 3.8) is 0 Å². The first-order chi connectivity index (χ1) is 19.5. The maximum atomic E-state index is 11.2. The minimum absolute atomic E-state index is 0.0269. The van der Waals surface area contributed by atoms with Gasteiger partial charge < -0.3 is 33.9 Å². The fraction of sp³-hybridized carbons (Fsp3) is 0.759. The van der Waals surface area contributed by atoms with E-state index < -0.39 is 5.97 Å². The van der Waals surface area contributed by atoms with Gasteiger partial charge in [-0.05, 0) is 89.7 Å². The molecule has 0 bridgehead atoms. The van der Waals surface area contributed by atoms with Gasteiger partial charge in [-0.25, -0.2) is 0 Å². The fourth-order valence-corrected chi connectivity index (χ4v) is 5.36. The molecule has 0 aliphatic heterocycles. The van der Waals surface area contributed by atoms with Gasteiger partial charge in [0.15, 0.2) is 0 Å². The first kappa shape index (κ1) is 35.7. The Hall–Kier alpha value is -3.31. The molecule has 0 unspecified atom stereocenters. The van der Waals surface area contributed by atoms with Crippen LogP contribution in [0.15, 0.2) is 11.5 Å². The molecule has 0 aromatic carbocycles. The third kappa shape index (κ3) is 12.0. The quantitative estimate of drug-likeness (QED) is 0.274. The lowest BCUT2D eigenvalue weighted by Crippen LogP contribution is -2.27. The number of rotatable bonds is 6. The second kappa shape index (κ2) is 18.9. The molecule has 0 aromatic heterocycles. The largest absolute Gasteiger partial charge is 0.617 e. The van der Waals surface area contributed by atoms with Crippen LogP contribution in [0.1, 0.15) is 77.0 Å². The summed E-state index contributed by atoms with van der Waals surface area (Å²) in [6.07, 6.45) is 8.06. The van der Waals surface area contributed by atoms with E-state index in [1.165, 1.54) is 35.5 Å². The average Bonchev–Trinajstić information content (AvgIpc) is 3.03. The van der Waals surface area contributed by atoms with Crippen LogP contribution in [-0.4, -0.2) is 70.5 Å². The summed E-state index contributed by atoms with van der Waals surface area (Å²) in [6.45, 7) is 0. The maximum absolute atomic E-state index is 11.2. The highest BCUT2D eigenvalue weighted by molar-refractivity contribution is 5.75. The van der Waals surface area contributed by atoms with E-state index in [1.54, 1.807) is 0 Å². The van der Waals surface area contributed by atoms with Gasteiger partial charge in [0.1, 0.15) is 0 Å². The van der Waals surface area contributed by atoms with Crippen molar-refractivity contribution >= 4 is 29.8 Å². The molecule has 0 saturated heterocycles. The number of carboxylic acid groups (broad SMARTS) is 1. The molecular formula is C29H45O12-. The van der Waals surface area contributed by atoms with Crippen molar-refractivity contribution < 1.29 is 57.9 Å². The number of esters is 4. The summed E-state index contributed by atoms with van der Waals surface area (Å²) in [5.41, 5.74) is 0.785. The zero-order chi connectivity index (χ0) is 30.9. The first-order valence-corrected chi connectivity index (χ1v) is 14.0. The molecule has 12 nitrogen and oxygen atoms in total. The number of ether oxygens (including phenoxy) is 5. The maximum Gasteiger partial charge on any atom is 0.308 e. The van der Waals surface area contributed by atoms with E-state index in [0.29, 0.717) is 51.4 Å². The Labute approximate surface area is 241 Å². The van der Waals surface area contributed by atoms with Crippen molar-refractivity contribution in [2.75, 3.05) is 35.5 Å².